The number of benzene rings is 1. The normalized spacial score (nSPS) is 12.6. The largest absolute Gasteiger partial charge is 0.128 e. The molecule has 0 amide bonds. The van der Waals surface area contributed by atoms with Gasteiger partial charge in [0.25, 0.3) is 0 Å². The van der Waals surface area contributed by atoms with Gasteiger partial charge in [-0.3, -0.25) is 0 Å². The molecule has 0 aliphatic carbocycles. The third kappa shape index (κ3) is 3.82. The SMILES string of the molecule is Clc1ccc(CC(CBr)c2ccc(Br)cc2)s1. The Morgan fingerprint density at radius 3 is 2.35 bits per heavy atom. The molecule has 0 fully saturated rings. The molecule has 17 heavy (non-hydrogen) atoms. The van der Waals surface area contributed by atoms with Gasteiger partial charge in [0.2, 0.25) is 0 Å². The lowest BCUT2D eigenvalue weighted by atomic mass is 9.97. The Labute approximate surface area is 127 Å². The topological polar surface area (TPSA) is 0 Å². The Kier molecular flexibility index (Phi) is 5.10. The second-order valence-corrected chi connectivity index (χ2v) is 7.18. The van der Waals surface area contributed by atoms with E-state index < -0.39 is 0 Å². The third-order valence-electron chi connectivity index (χ3n) is 2.60. The lowest BCUT2D eigenvalue weighted by Gasteiger charge is -2.13. The van der Waals surface area contributed by atoms with Crippen molar-refractivity contribution in [2.45, 2.75) is 12.3 Å². The van der Waals surface area contributed by atoms with Gasteiger partial charge in [0, 0.05) is 14.7 Å². The number of hydrogen-bond donors (Lipinski definition) is 0. The number of rotatable bonds is 4. The molecule has 0 spiro atoms. The first-order chi connectivity index (χ1) is 8.19. The molecule has 1 heterocycles. The summed E-state index contributed by atoms with van der Waals surface area (Å²) in [7, 11) is 0. The van der Waals surface area contributed by atoms with Crippen molar-refractivity contribution in [3.63, 3.8) is 0 Å². The van der Waals surface area contributed by atoms with Crippen LogP contribution in [-0.2, 0) is 6.42 Å². The van der Waals surface area contributed by atoms with Crippen LogP contribution < -0.4 is 0 Å². The molecule has 1 unspecified atom stereocenters. The first kappa shape index (κ1) is 13.6. The van der Waals surface area contributed by atoms with Gasteiger partial charge in [0.15, 0.2) is 0 Å². The Morgan fingerprint density at radius 2 is 1.82 bits per heavy atom. The molecule has 2 aromatic rings. The van der Waals surface area contributed by atoms with E-state index in [1.54, 1.807) is 11.3 Å². The zero-order valence-electron chi connectivity index (χ0n) is 9.00. The van der Waals surface area contributed by atoms with Crippen molar-refractivity contribution in [2.24, 2.45) is 0 Å². The molecular formula is C13H11Br2ClS. The molecule has 0 bridgehead atoms. The summed E-state index contributed by atoms with van der Waals surface area (Å²) >= 11 is 14.7. The van der Waals surface area contributed by atoms with E-state index in [4.69, 9.17) is 11.6 Å². The van der Waals surface area contributed by atoms with E-state index in [1.807, 2.05) is 6.07 Å². The van der Waals surface area contributed by atoms with Crippen LogP contribution in [0.3, 0.4) is 0 Å². The Balaban J connectivity index is 2.13. The summed E-state index contributed by atoms with van der Waals surface area (Å²) in [5, 5.41) is 0.962. The molecule has 0 nitrogen and oxygen atoms in total. The zero-order chi connectivity index (χ0) is 12.3. The van der Waals surface area contributed by atoms with Crippen LogP contribution in [0.2, 0.25) is 4.34 Å². The van der Waals surface area contributed by atoms with Gasteiger partial charge in [-0.1, -0.05) is 55.6 Å². The summed E-state index contributed by atoms with van der Waals surface area (Å²) in [6, 6.07) is 12.6. The van der Waals surface area contributed by atoms with Crippen molar-refractivity contribution in [3.8, 4) is 0 Å². The second kappa shape index (κ2) is 6.37. The standard InChI is InChI=1S/C13H11Br2ClS/c14-8-10(7-12-5-6-13(16)17-12)9-1-3-11(15)4-2-9/h1-6,10H,7-8H2. The molecule has 0 N–H and O–H groups in total. The fourth-order valence-corrected chi connectivity index (χ4v) is 3.74. The monoisotopic (exact) mass is 392 g/mol. The van der Waals surface area contributed by atoms with Gasteiger partial charge in [0.05, 0.1) is 4.34 Å². The highest BCUT2D eigenvalue weighted by atomic mass is 79.9. The van der Waals surface area contributed by atoms with Gasteiger partial charge in [-0.15, -0.1) is 11.3 Å². The molecule has 1 aromatic carbocycles. The molecular weight excluding hydrogens is 383 g/mol. The van der Waals surface area contributed by atoms with Crippen LogP contribution in [0.4, 0.5) is 0 Å². The van der Waals surface area contributed by atoms with Crippen molar-refractivity contribution in [2.75, 3.05) is 5.33 Å². The summed E-state index contributed by atoms with van der Waals surface area (Å²) in [5.74, 6) is 0.498. The van der Waals surface area contributed by atoms with E-state index in [-0.39, 0.29) is 0 Å². The third-order valence-corrected chi connectivity index (χ3v) is 5.17. The number of halogens is 3. The van der Waals surface area contributed by atoms with E-state index in [0.717, 1.165) is 20.6 Å². The number of alkyl halides is 1. The highest BCUT2D eigenvalue weighted by Gasteiger charge is 2.12. The van der Waals surface area contributed by atoms with Gasteiger partial charge in [-0.2, -0.15) is 0 Å². The summed E-state index contributed by atoms with van der Waals surface area (Å²) in [6.07, 6.45) is 1.03. The minimum absolute atomic E-state index is 0.498. The van der Waals surface area contributed by atoms with E-state index >= 15 is 0 Å². The Bertz CT molecular complexity index is 478. The summed E-state index contributed by atoms with van der Waals surface area (Å²) in [6.45, 7) is 0. The van der Waals surface area contributed by atoms with Gasteiger partial charge >= 0.3 is 0 Å². The van der Waals surface area contributed by atoms with Crippen LogP contribution in [0.5, 0.6) is 0 Å². The molecule has 4 heteroatoms. The van der Waals surface area contributed by atoms with E-state index in [1.165, 1.54) is 10.4 Å². The highest BCUT2D eigenvalue weighted by Crippen LogP contribution is 2.29. The van der Waals surface area contributed by atoms with Crippen molar-refractivity contribution in [3.05, 3.63) is 55.6 Å². The average molecular weight is 395 g/mol. The smallest absolute Gasteiger partial charge is 0.0931 e. The molecule has 0 saturated heterocycles. The van der Waals surface area contributed by atoms with Crippen LogP contribution in [0.1, 0.15) is 16.4 Å². The van der Waals surface area contributed by atoms with E-state index in [2.05, 4.69) is 62.2 Å². The van der Waals surface area contributed by atoms with Gasteiger partial charge < -0.3 is 0 Å². The van der Waals surface area contributed by atoms with Crippen molar-refractivity contribution in [1.82, 2.24) is 0 Å². The maximum absolute atomic E-state index is 5.95. The maximum Gasteiger partial charge on any atom is 0.0931 e. The fraction of sp³-hybridized carbons (Fsp3) is 0.231. The molecule has 1 aromatic heterocycles. The quantitative estimate of drug-likeness (QED) is 0.568. The van der Waals surface area contributed by atoms with Crippen LogP contribution in [-0.4, -0.2) is 5.33 Å². The van der Waals surface area contributed by atoms with Crippen molar-refractivity contribution >= 4 is 54.8 Å². The molecule has 0 radical (unpaired) electrons. The highest BCUT2D eigenvalue weighted by molar-refractivity contribution is 9.10. The predicted octanol–water partition coefficient (Wildman–Crippen LogP) is 5.89. The van der Waals surface area contributed by atoms with Crippen LogP contribution >= 0.6 is 54.8 Å². The number of hydrogen-bond acceptors (Lipinski definition) is 1. The predicted molar refractivity (Wildman–Crippen MR) is 83.7 cm³/mol. The first-order valence-corrected chi connectivity index (χ1v) is 8.35. The first-order valence-electron chi connectivity index (χ1n) is 5.24. The van der Waals surface area contributed by atoms with Gasteiger partial charge in [-0.05, 0) is 42.2 Å². The van der Waals surface area contributed by atoms with Gasteiger partial charge in [-0.25, -0.2) is 0 Å². The van der Waals surface area contributed by atoms with Crippen molar-refractivity contribution in [1.29, 1.82) is 0 Å². The fourth-order valence-electron chi connectivity index (χ4n) is 1.70. The second-order valence-electron chi connectivity index (χ2n) is 3.81. The zero-order valence-corrected chi connectivity index (χ0v) is 13.7. The Hall–Kier alpha value is 0.170. The Morgan fingerprint density at radius 1 is 1.12 bits per heavy atom. The lowest BCUT2D eigenvalue weighted by molar-refractivity contribution is 0.785. The summed E-state index contributed by atoms with van der Waals surface area (Å²) in [4.78, 5) is 1.34. The minimum Gasteiger partial charge on any atom is -0.128 e. The molecule has 2 rings (SSSR count). The van der Waals surface area contributed by atoms with Crippen LogP contribution in [0, 0.1) is 0 Å². The molecule has 1 atom stereocenters. The lowest BCUT2D eigenvalue weighted by Crippen LogP contribution is -2.03. The molecule has 0 saturated carbocycles. The molecule has 0 aliphatic heterocycles. The van der Waals surface area contributed by atoms with Crippen molar-refractivity contribution < 1.29 is 0 Å². The van der Waals surface area contributed by atoms with E-state index in [0.29, 0.717) is 5.92 Å². The molecule has 0 aliphatic rings. The minimum atomic E-state index is 0.498. The summed E-state index contributed by atoms with van der Waals surface area (Å²) < 4.78 is 1.98. The molecule has 90 valence electrons. The van der Waals surface area contributed by atoms with Crippen LogP contribution in [0.15, 0.2) is 40.9 Å². The maximum atomic E-state index is 5.95. The summed E-state index contributed by atoms with van der Waals surface area (Å²) in [5.41, 5.74) is 1.36. The van der Waals surface area contributed by atoms with Gasteiger partial charge in [0.1, 0.15) is 0 Å². The average Bonchev–Trinajstić information content (AvgIpc) is 2.73. The van der Waals surface area contributed by atoms with E-state index in [9.17, 15) is 0 Å². The van der Waals surface area contributed by atoms with Crippen LogP contribution in [0.25, 0.3) is 0 Å². The number of thiophene rings is 1.